The van der Waals surface area contributed by atoms with E-state index < -0.39 is 18.8 Å². The maximum atomic E-state index is 12.1. The molecule has 0 radical (unpaired) electrons. The minimum absolute atomic E-state index is 0.0102. The van der Waals surface area contributed by atoms with Crippen LogP contribution in [0.1, 0.15) is 18.5 Å². The van der Waals surface area contributed by atoms with E-state index in [0.717, 1.165) is 0 Å². The number of amidine groups is 1. The highest BCUT2D eigenvalue weighted by Crippen LogP contribution is 2.23. The summed E-state index contributed by atoms with van der Waals surface area (Å²) in [5.74, 6) is -1.29. The Hall–Kier alpha value is -2.78. The summed E-state index contributed by atoms with van der Waals surface area (Å²) in [6.45, 7) is 0.464. The molecule has 0 aromatic carbocycles. The largest absolute Gasteiger partial charge is 0.477 e. The predicted molar refractivity (Wildman–Crippen MR) is 77.5 cm³/mol. The molecular formula is C14H15F3N4O3. The van der Waals surface area contributed by atoms with Gasteiger partial charge in [0.2, 0.25) is 5.88 Å². The first-order valence-corrected chi connectivity index (χ1v) is 6.87. The van der Waals surface area contributed by atoms with Gasteiger partial charge in [-0.2, -0.15) is 13.2 Å². The van der Waals surface area contributed by atoms with Crippen LogP contribution in [0.3, 0.4) is 0 Å². The zero-order valence-corrected chi connectivity index (χ0v) is 12.6. The van der Waals surface area contributed by atoms with Gasteiger partial charge in [-0.1, -0.05) is 6.07 Å². The van der Waals surface area contributed by atoms with E-state index in [2.05, 4.69) is 15.0 Å². The van der Waals surface area contributed by atoms with Crippen molar-refractivity contribution in [2.75, 3.05) is 13.3 Å². The summed E-state index contributed by atoms with van der Waals surface area (Å²) in [6, 6.07) is 2.53. The van der Waals surface area contributed by atoms with E-state index >= 15 is 0 Å². The van der Waals surface area contributed by atoms with Gasteiger partial charge in [-0.25, -0.2) is 9.78 Å². The van der Waals surface area contributed by atoms with Crippen molar-refractivity contribution < 1.29 is 27.8 Å². The second kappa shape index (κ2) is 6.77. The van der Waals surface area contributed by atoms with Crippen LogP contribution in [-0.4, -0.2) is 46.2 Å². The van der Waals surface area contributed by atoms with Gasteiger partial charge in [0.1, 0.15) is 11.5 Å². The van der Waals surface area contributed by atoms with Crippen molar-refractivity contribution in [3.8, 4) is 5.88 Å². The summed E-state index contributed by atoms with van der Waals surface area (Å²) in [4.78, 5) is 16.3. The van der Waals surface area contributed by atoms with E-state index in [-0.39, 0.29) is 30.1 Å². The summed E-state index contributed by atoms with van der Waals surface area (Å²) in [7, 11) is 0. The Morgan fingerprint density at radius 2 is 2.25 bits per heavy atom. The van der Waals surface area contributed by atoms with E-state index in [1.54, 1.807) is 17.9 Å². The van der Waals surface area contributed by atoms with E-state index in [0.29, 0.717) is 5.56 Å². The molecule has 0 saturated heterocycles. The van der Waals surface area contributed by atoms with Crippen molar-refractivity contribution in [1.29, 1.82) is 5.41 Å². The van der Waals surface area contributed by atoms with Crippen molar-refractivity contribution in [3.63, 3.8) is 0 Å². The molecule has 0 fully saturated rings. The first kappa shape index (κ1) is 17.6. The summed E-state index contributed by atoms with van der Waals surface area (Å²) in [5.41, 5.74) is 0.575. The topological polar surface area (TPSA) is 98.5 Å². The van der Waals surface area contributed by atoms with Crippen molar-refractivity contribution >= 4 is 11.8 Å². The fourth-order valence-corrected chi connectivity index (χ4v) is 2.07. The Balaban J connectivity index is 2.04. The number of hydrogen-bond donors (Lipinski definition) is 3. The summed E-state index contributed by atoms with van der Waals surface area (Å²) >= 11 is 0. The molecule has 2 rings (SSSR count). The van der Waals surface area contributed by atoms with Crippen LogP contribution in [0.2, 0.25) is 0 Å². The number of carboxylic acid groups (broad SMARTS) is 1. The fourth-order valence-electron chi connectivity index (χ4n) is 2.07. The van der Waals surface area contributed by atoms with Gasteiger partial charge in [0, 0.05) is 18.3 Å². The molecule has 0 aliphatic carbocycles. The molecule has 1 aromatic heterocycles. The summed E-state index contributed by atoms with van der Waals surface area (Å²) in [6.07, 6.45) is -1.88. The number of pyridine rings is 1. The van der Waals surface area contributed by atoms with Crippen LogP contribution in [0, 0.1) is 5.41 Å². The van der Waals surface area contributed by atoms with Crippen molar-refractivity contribution in [2.45, 2.75) is 19.1 Å². The molecule has 0 saturated carbocycles. The van der Waals surface area contributed by atoms with E-state index in [4.69, 9.17) is 10.5 Å². The van der Waals surface area contributed by atoms with Crippen LogP contribution in [-0.2, 0) is 4.79 Å². The van der Waals surface area contributed by atoms with E-state index in [9.17, 15) is 18.0 Å². The average molecular weight is 344 g/mol. The molecule has 1 aromatic rings. The first-order chi connectivity index (χ1) is 11.2. The van der Waals surface area contributed by atoms with Crippen LogP contribution >= 0.6 is 0 Å². The number of nitrogens with zero attached hydrogens (tertiary/aromatic N) is 2. The number of aliphatic carboxylic acids is 1. The molecule has 7 nitrogen and oxygen atoms in total. The Bertz CT molecular complexity index is 658. The van der Waals surface area contributed by atoms with Crippen LogP contribution in [0.25, 0.3) is 0 Å². The highest BCUT2D eigenvalue weighted by atomic mass is 19.4. The SMILES string of the molecule is CC(c1ccc(OCC(F)(F)F)nc1)N1CNC(C(=O)O)=CC1=N. The molecule has 10 heteroatoms. The lowest BCUT2D eigenvalue weighted by Gasteiger charge is -2.34. The minimum Gasteiger partial charge on any atom is -0.477 e. The van der Waals surface area contributed by atoms with Gasteiger partial charge >= 0.3 is 12.1 Å². The second-order valence-corrected chi connectivity index (χ2v) is 5.06. The quantitative estimate of drug-likeness (QED) is 0.755. The van der Waals surface area contributed by atoms with Crippen molar-refractivity contribution in [2.24, 2.45) is 0 Å². The highest BCUT2D eigenvalue weighted by molar-refractivity contribution is 5.99. The number of hydrogen-bond acceptors (Lipinski definition) is 5. The van der Waals surface area contributed by atoms with Crippen LogP contribution < -0.4 is 10.1 Å². The van der Waals surface area contributed by atoms with Crippen LogP contribution in [0.4, 0.5) is 13.2 Å². The summed E-state index contributed by atoms with van der Waals surface area (Å²) < 4.78 is 40.8. The monoisotopic (exact) mass is 344 g/mol. The Labute approximate surface area is 135 Å². The van der Waals surface area contributed by atoms with Gasteiger partial charge in [0.25, 0.3) is 0 Å². The molecule has 0 spiro atoms. The van der Waals surface area contributed by atoms with Crippen LogP contribution in [0.15, 0.2) is 30.1 Å². The zero-order valence-electron chi connectivity index (χ0n) is 12.6. The number of ether oxygens (including phenoxy) is 1. The molecule has 1 aliphatic rings. The number of nitrogens with one attached hydrogen (secondary N) is 2. The number of alkyl halides is 3. The van der Waals surface area contributed by atoms with Gasteiger partial charge in [-0.3, -0.25) is 5.41 Å². The fraction of sp³-hybridized carbons (Fsp3) is 0.357. The normalized spacial score (nSPS) is 16.2. The third-order valence-electron chi connectivity index (χ3n) is 3.35. The Morgan fingerprint density at radius 1 is 1.54 bits per heavy atom. The average Bonchev–Trinajstić information content (AvgIpc) is 2.52. The number of aromatic nitrogens is 1. The number of carboxylic acids is 1. The minimum atomic E-state index is -4.43. The van der Waals surface area contributed by atoms with Gasteiger partial charge in [-0.05, 0) is 12.5 Å². The van der Waals surface area contributed by atoms with Gasteiger partial charge < -0.3 is 20.1 Å². The Kier molecular flexibility index (Phi) is 4.96. The standard InChI is InChI=1S/C14H15F3N4O3/c1-8(21-7-20-10(13(22)23)4-11(21)18)9-2-3-12(19-5-9)24-6-14(15,16)17/h2-5,8,18,20H,6-7H2,1H3,(H,22,23). The molecular weight excluding hydrogens is 329 g/mol. The highest BCUT2D eigenvalue weighted by Gasteiger charge is 2.29. The van der Waals surface area contributed by atoms with Crippen molar-refractivity contribution in [1.82, 2.24) is 15.2 Å². The number of carbonyl (C=O) groups is 1. The smallest absolute Gasteiger partial charge is 0.422 e. The molecule has 0 bridgehead atoms. The zero-order chi connectivity index (χ0) is 17.9. The lowest BCUT2D eigenvalue weighted by atomic mass is 10.1. The number of halogens is 3. The lowest BCUT2D eigenvalue weighted by molar-refractivity contribution is -0.154. The Morgan fingerprint density at radius 3 is 2.75 bits per heavy atom. The molecule has 1 aliphatic heterocycles. The molecule has 1 atom stereocenters. The van der Waals surface area contributed by atoms with E-state index in [1.165, 1.54) is 18.3 Å². The molecule has 2 heterocycles. The lowest BCUT2D eigenvalue weighted by Crippen LogP contribution is -2.44. The van der Waals surface area contributed by atoms with E-state index in [1.807, 2.05) is 0 Å². The van der Waals surface area contributed by atoms with Gasteiger partial charge in [0.15, 0.2) is 6.61 Å². The molecule has 3 N–H and O–H groups in total. The predicted octanol–water partition coefficient (Wildman–Crippen LogP) is 1.89. The van der Waals surface area contributed by atoms with Crippen LogP contribution in [0.5, 0.6) is 5.88 Å². The maximum Gasteiger partial charge on any atom is 0.422 e. The van der Waals surface area contributed by atoms with Crippen molar-refractivity contribution in [3.05, 3.63) is 35.7 Å². The summed E-state index contributed by atoms with van der Waals surface area (Å²) in [5, 5.41) is 19.5. The first-order valence-electron chi connectivity index (χ1n) is 6.87. The molecule has 130 valence electrons. The number of rotatable bonds is 5. The van der Waals surface area contributed by atoms with Gasteiger partial charge in [0.05, 0.1) is 12.7 Å². The molecule has 24 heavy (non-hydrogen) atoms. The van der Waals surface area contributed by atoms with Gasteiger partial charge in [-0.15, -0.1) is 0 Å². The molecule has 0 amide bonds. The third kappa shape index (κ3) is 4.37. The second-order valence-electron chi connectivity index (χ2n) is 5.06. The third-order valence-corrected chi connectivity index (χ3v) is 3.35. The maximum absolute atomic E-state index is 12.1. The molecule has 1 unspecified atom stereocenters.